The van der Waals surface area contributed by atoms with Crippen molar-refractivity contribution in [3.63, 3.8) is 0 Å². The standard InChI is InChI=1S/C15H22N2O3.C11H22N2O3/c1-10(2)8-13(15(19)20)17-14(18)12(16)9-11-6-4-3-5-7-11;1-6(2)5-8(11(15)16)13-10(14)9(12)7(3)4/h3-7,10,12-13H,8-9,16H2,1-2H3,(H,17,18)(H,19,20);6-9H,5,12H2,1-4H3,(H,13,14)(H,15,16). The van der Waals surface area contributed by atoms with E-state index in [4.69, 9.17) is 21.7 Å². The van der Waals surface area contributed by atoms with E-state index in [0.29, 0.717) is 19.3 Å². The second kappa shape index (κ2) is 16.6. The van der Waals surface area contributed by atoms with Crippen LogP contribution in [0.1, 0.15) is 59.9 Å². The molecule has 1 rings (SSSR count). The Labute approximate surface area is 214 Å². The molecule has 0 spiro atoms. The molecule has 1 aromatic carbocycles. The molecule has 4 atom stereocenters. The second-order valence-electron chi connectivity index (χ2n) is 10.1. The van der Waals surface area contributed by atoms with Gasteiger partial charge >= 0.3 is 11.9 Å². The zero-order valence-electron chi connectivity index (χ0n) is 22.2. The number of carbonyl (C=O) groups excluding carboxylic acids is 2. The number of nitrogens with one attached hydrogen (secondary N) is 2. The molecule has 8 N–H and O–H groups in total. The van der Waals surface area contributed by atoms with E-state index in [1.807, 2.05) is 71.9 Å². The zero-order chi connectivity index (χ0) is 28.0. The molecule has 0 bridgehead atoms. The Hall–Kier alpha value is -2.98. The molecule has 36 heavy (non-hydrogen) atoms. The molecule has 0 fully saturated rings. The highest BCUT2D eigenvalue weighted by atomic mass is 16.4. The van der Waals surface area contributed by atoms with Crippen LogP contribution in [0.5, 0.6) is 0 Å². The summed E-state index contributed by atoms with van der Waals surface area (Å²) in [6, 6.07) is 6.27. The van der Waals surface area contributed by atoms with Crippen LogP contribution in [0.15, 0.2) is 30.3 Å². The lowest BCUT2D eigenvalue weighted by Crippen LogP contribution is -2.50. The average molecular weight is 509 g/mol. The van der Waals surface area contributed by atoms with Crippen molar-refractivity contribution in [3.05, 3.63) is 35.9 Å². The fourth-order valence-corrected chi connectivity index (χ4v) is 3.20. The maximum Gasteiger partial charge on any atom is 0.326 e. The van der Waals surface area contributed by atoms with Crippen LogP contribution in [0.3, 0.4) is 0 Å². The van der Waals surface area contributed by atoms with Gasteiger partial charge in [-0.05, 0) is 42.6 Å². The number of carboxylic acid groups (broad SMARTS) is 2. The molecule has 0 aliphatic rings. The minimum atomic E-state index is -1.03. The third-order valence-corrected chi connectivity index (χ3v) is 5.30. The normalized spacial score (nSPS) is 14.3. The summed E-state index contributed by atoms with van der Waals surface area (Å²) < 4.78 is 0. The van der Waals surface area contributed by atoms with Crippen molar-refractivity contribution in [2.75, 3.05) is 0 Å². The van der Waals surface area contributed by atoms with Crippen LogP contribution in [-0.4, -0.2) is 58.1 Å². The molecule has 0 saturated heterocycles. The molecule has 2 amide bonds. The van der Waals surface area contributed by atoms with E-state index in [0.717, 1.165) is 5.56 Å². The number of carboxylic acids is 2. The number of hydrogen-bond donors (Lipinski definition) is 6. The molecule has 1 aromatic rings. The van der Waals surface area contributed by atoms with Crippen LogP contribution < -0.4 is 22.1 Å². The third-order valence-electron chi connectivity index (χ3n) is 5.30. The van der Waals surface area contributed by atoms with Crippen molar-refractivity contribution in [1.29, 1.82) is 0 Å². The number of rotatable bonds is 13. The summed E-state index contributed by atoms with van der Waals surface area (Å²) in [5.74, 6) is -2.49. The first-order valence-electron chi connectivity index (χ1n) is 12.3. The highest BCUT2D eigenvalue weighted by molar-refractivity contribution is 5.87. The van der Waals surface area contributed by atoms with E-state index < -0.39 is 47.9 Å². The number of benzene rings is 1. The SMILES string of the molecule is CC(C)CC(NC(=O)C(N)C(C)C)C(=O)O.CC(C)CC(NC(=O)C(N)Cc1ccccc1)C(=O)O. The van der Waals surface area contributed by atoms with Crippen molar-refractivity contribution < 1.29 is 29.4 Å². The van der Waals surface area contributed by atoms with Crippen LogP contribution in [0, 0.1) is 17.8 Å². The molecule has 10 heteroatoms. The number of aliphatic carboxylic acids is 2. The highest BCUT2D eigenvalue weighted by Gasteiger charge is 2.25. The van der Waals surface area contributed by atoms with Crippen molar-refractivity contribution in [3.8, 4) is 0 Å². The van der Waals surface area contributed by atoms with E-state index in [1.54, 1.807) is 0 Å². The zero-order valence-corrected chi connectivity index (χ0v) is 22.2. The maximum atomic E-state index is 11.9. The topological polar surface area (TPSA) is 185 Å². The van der Waals surface area contributed by atoms with Crippen molar-refractivity contribution in [2.24, 2.45) is 29.2 Å². The molecule has 0 aromatic heterocycles. The molecule has 0 saturated carbocycles. The van der Waals surface area contributed by atoms with Gasteiger partial charge < -0.3 is 32.3 Å². The van der Waals surface area contributed by atoms with E-state index in [9.17, 15) is 19.2 Å². The summed E-state index contributed by atoms with van der Waals surface area (Å²) >= 11 is 0. The predicted molar refractivity (Wildman–Crippen MR) is 139 cm³/mol. The van der Waals surface area contributed by atoms with E-state index >= 15 is 0 Å². The van der Waals surface area contributed by atoms with Gasteiger partial charge in [0.25, 0.3) is 0 Å². The first-order valence-corrected chi connectivity index (χ1v) is 12.3. The van der Waals surface area contributed by atoms with Gasteiger partial charge in [-0.2, -0.15) is 0 Å². The Morgan fingerprint density at radius 3 is 1.53 bits per heavy atom. The number of nitrogens with two attached hydrogens (primary N) is 2. The number of hydrogen-bond acceptors (Lipinski definition) is 6. The summed E-state index contributed by atoms with van der Waals surface area (Å²) in [5.41, 5.74) is 12.4. The van der Waals surface area contributed by atoms with Gasteiger partial charge in [-0.1, -0.05) is 71.9 Å². The largest absolute Gasteiger partial charge is 0.480 e. The summed E-state index contributed by atoms with van der Waals surface area (Å²) in [4.78, 5) is 45.5. The fourth-order valence-electron chi connectivity index (χ4n) is 3.20. The van der Waals surface area contributed by atoms with Gasteiger partial charge in [0, 0.05) is 0 Å². The van der Waals surface area contributed by atoms with Crippen LogP contribution >= 0.6 is 0 Å². The van der Waals surface area contributed by atoms with Gasteiger partial charge in [-0.15, -0.1) is 0 Å². The minimum Gasteiger partial charge on any atom is -0.480 e. The summed E-state index contributed by atoms with van der Waals surface area (Å²) in [7, 11) is 0. The summed E-state index contributed by atoms with van der Waals surface area (Å²) in [6.45, 7) is 11.3. The van der Waals surface area contributed by atoms with E-state index in [2.05, 4.69) is 10.6 Å². The maximum absolute atomic E-state index is 11.9. The molecular weight excluding hydrogens is 464 g/mol. The lowest BCUT2D eigenvalue weighted by molar-refractivity contribution is -0.142. The molecule has 10 nitrogen and oxygen atoms in total. The van der Waals surface area contributed by atoms with Crippen molar-refractivity contribution >= 4 is 23.8 Å². The lowest BCUT2D eigenvalue weighted by Gasteiger charge is -2.20. The number of amides is 2. The van der Waals surface area contributed by atoms with Gasteiger partial charge in [0.1, 0.15) is 12.1 Å². The average Bonchev–Trinajstić information content (AvgIpc) is 2.77. The second-order valence-corrected chi connectivity index (χ2v) is 10.1. The van der Waals surface area contributed by atoms with Gasteiger partial charge in [0.15, 0.2) is 0 Å². The fraction of sp³-hybridized carbons (Fsp3) is 0.615. The van der Waals surface area contributed by atoms with Crippen LogP contribution in [0.4, 0.5) is 0 Å². The molecule has 0 heterocycles. The Morgan fingerprint density at radius 2 is 1.17 bits per heavy atom. The predicted octanol–water partition coefficient (Wildman–Crippen LogP) is 1.76. The molecular formula is C26H44N4O6. The van der Waals surface area contributed by atoms with Gasteiger partial charge in [0.2, 0.25) is 11.8 Å². The summed E-state index contributed by atoms with van der Waals surface area (Å²) in [5, 5.41) is 23.0. The quantitative estimate of drug-likeness (QED) is 0.233. The Morgan fingerprint density at radius 1 is 0.750 bits per heavy atom. The third kappa shape index (κ3) is 13.8. The first kappa shape index (κ1) is 33.0. The highest BCUT2D eigenvalue weighted by Crippen LogP contribution is 2.08. The molecule has 0 aliphatic carbocycles. The summed E-state index contributed by atoms with van der Waals surface area (Å²) in [6.07, 6.45) is 1.19. The smallest absolute Gasteiger partial charge is 0.326 e. The van der Waals surface area contributed by atoms with Gasteiger partial charge in [-0.25, -0.2) is 9.59 Å². The van der Waals surface area contributed by atoms with Crippen LogP contribution in [-0.2, 0) is 25.6 Å². The molecule has 204 valence electrons. The Balaban J connectivity index is 0.000000700. The van der Waals surface area contributed by atoms with E-state index in [-0.39, 0.29) is 17.8 Å². The molecule has 0 radical (unpaired) electrons. The molecule has 4 unspecified atom stereocenters. The van der Waals surface area contributed by atoms with Crippen LogP contribution in [0.25, 0.3) is 0 Å². The number of carbonyl (C=O) groups is 4. The van der Waals surface area contributed by atoms with Gasteiger partial charge in [0.05, 0.1) is 12.1 Å². The first-order chi connectivity index (χ1) is 16.6. The molecule has 0 aliphatic heterocycles. The lowest BCUT2D eigenvalue weighted by atomic mass is 10.0. The minimum absolute atomic E-state index is 0.00602. The van der Waals surface area contributed by atoms with Crippen LogP contribution in [0.2, 0.25) is 0 Å². The van der Waals surface area contributed by atoms with Crippen molar-refractivity contribution in [2.45, 2.75) is 85.0 Å². The van der Waals surface area contributed by atoms with Crippen molar-refractivity contribution in [1.82, 2.24) is 10.6 Å². The van der Waals surface area contributed by atoms with Gasteiger partial charge in [-0.3, -0.25) is 9.59 Å². The Bertz CT molecular complexity index is 829. The monoisotopic (exact) mass is 508 g/mol. The van der Waals surface area contributed by atoms with E-state index in [1.165, 1.54) is 0 Å². The Kier molecular flexibility index (Phi) is 15.3.